The number of para-hydroxylation sites is 1. The van der Waals surface area contributed by atoms with Crippen molar-refractivity contribution >= 4 is 17.3 Å². The second-order valence-corrected chi connectivity index (χ2v) is 4.83. The van der Waals surface area contributed by atoms with Crippen molar-refractivity contribution in [3.05, 3.63) is 64.2 Å². The maximum absolute atomic E-state index is 8.77. The van der Waals surface area contributed by atoms with E-state index in [4.69, 9.17) is 27.3 Å². The average Bonchev–Trinajstić information content (AvgIpc) is 2.46. The number of nitrogen functional groups attached to an aromatic ring is 1. The second kappa shape index (κ2) is 6.95. The number of halogens is 1. The summed E-state index contributed by atoms with van der Waals surface area (Å²) in [7, 11) is 0. The summed E-state index contributed by atoms with van der Waals surface area (Å²) >= 11 is 6.08. The predicted molar refractivity (Wildman–Crippen MR) is 80.4 cm³/mol. The fourth-order valence-electron chi connectivity index (χ4n) is 1.86. The summed E-state index contributed by atoms with van der Waals surface area (Å²) in [5.74, 6) is 0. The molecule has 2 N–H and O–H groups in total. The van der Waals surface area contributed by atoms with Gasteiger partial charge < -0.3 is 10.5 Å². The zero-order chi connectivity index (χ0) is 14.4. The number of hydrogen-bond acceptors (Lipinski definition) is 3. The van der Waals surface area contributed by atoms with Crippen molar-refractivity contribution in [1.29, 1.82) is 5.26 Å². The fourth-order valence-corrected chi connectivity index (χ4v) is 2.10. The van der Waals surface area contributed by atoms with Gasteiger partial charge in [-0.25, -0.2) is 0 Å². The summed E-state index contributed by atoms with van der Waals surface area (Å²) in [6.07, 6.45) is 0.764. The Morgan fingerprint density at radius 1 is 1.15 bits per heavy atom. The molecule has 2 rings (SSSR count). The number of rotatable bonds is 5. The summed E-state index contributed by atoms with van der Waals surface area (Å²) in [5.41, 5.74) is 9.16. The lowest BCUT2D eigenvalue weighted by Gasteiger charge is -2.08. The Morgan fingerprint density at radius 3 is 2.65 bits per heavy atom. The first-order valence-corrected chi connectivity index (χ1v) is 6.68. The van der Waals surface area contributed by atoms with E-state index < -0.39 is 0 Å². The van der Waals surface area contributed by atoms with Crippen LogP contribution in [0.15, 0.2) is 42.5 Å². The zero-order valence-electron chi connectivity index (χ0n) is 11.0. The van der Waals surface area contributed by atoms with Crippen LogP contribution in [0.4, 0.5) is 5.69 Å². The van der Waals surface area contributed by atoms with Crippen LogP contribution in [0.5, 0.6) is 0 Å². The third kappa shape index (κ3) is 3.74. The summed E-state index contributed by atoms with van der Waals surface area (Å²) in [6, 6.07) is 15.0. The molecule has 0 spiro atoms. The number of nitrogens with two attached hydrogens (primary N) is 1. The van der Waals surface area contributed by atoms with Crippen molar-refractivity contribution in [3.63, 3.8) is 0 Å². The van der Waals surface area contributed by atoms with Crippen molar-refractivity contribution in [2.24, 2.45) is 0 Å². The second-order valence-electron chi connectivity index (χ2n) is 4.42. The summed E-state index contributed by atoms with van der Waals surface area (Å²) in [4.78, 5) is 0. The van der Waals surface area contributed by atoms with E-state index in [1.165, 1.54) is 0 Å². The minimum absolute atomic E-state index is 0.428. The van der Waals surface area contributed by atoms with E-state index in [1.54, 1.807) is 12.1 Å². The highest BCUT2D eigenvalue weighted by atomic mass is 35.5. The van der Waals surface area contributed by atoms with Crippen LogP contribution in [0.25, 0.3) is 0 Å². The molecular formula is C16H15ClN2O. The molecule has 20 heavy (non-hydrogen) atoms. The molecule has 2 aromatic carbocycles. The number of anilines is 1. The molecule has 0 fully saturated rings. The highest BCUT2D eigenvalue weighted by Gasteiger charge is 2.03. The van der Waals surface area contributed by atoms with Crippen LogP contribution < -0.4 is 5.73 Å². The van der Waals surface area contributed by atoms with Gasteiger partial charge in [0.15, 0.2) is 0 Å². The minimum atomic E-state index is 0.428. The van der Waals surface area contributed by atoms with Crippen molar-refractivity contribution < 1.29 is 4.74 Å². The largest absolute Gasteiger partial charge is 0.399 e. The zero-order valence-corrected chi connectivity index (χ0v) is 11.7. The molecular weight excluding hydrogens is 272 g/mol. The van der Waals surface area contributed by atoms with Gasteiger partial charge in [0, 0.05) is 10.7 Å². The van der Waals surface area contributed by atoms with Gasteiger partial charge in [0.2, 0.25) is 0 Å². The van der Waals surface area contributed by atoms with E-state index >= 15 is 0 Å². The Morgan fingerprint density at radius 2 is 1.95 bits per heavy atom. The van der Waals surface area contributed by atoms with Gasteiger partial charge in [-0.05, 0) is 35.7 Å². The van der Waals surface area contributed by atoms with Gasteiger partial charge in [-0.2, -0.15) is 5.26 Å². The first-order chi connectivity index (χ1) is 9.70. The van der Waals surface area contributed by atoms with E-state index in [1.807, 2.05) is 30.3 Å². The third-order valence-corrected chi connectivity index (χ3v) is 3.36. The molecule has 0 amide bonds. The molecule has 0 aliphatic carbocycles. The summed E-state index contributed by atoms with van der Waals surface area (Å²) < 4.78 is 5.61. The average molecular weight is 287 g/mol. The summed E-state index contributed by atoms with van der Waals surface area (Å²) in [5, 5.41) is 9.33. The molecule has 0 bridgehead atoms. The van der Waals surface area contributed by atoms with Crippen LogP contribution in [0.2, 0.25) is 5.02 Å². The quantitative estimate of drug-likeness (QED) is 0.675. The number of benzene rings is 2. The van der Waals surface area contributed by atoms with Crippen LogP contribution in [-0.2, 0) is 17.8 Å². The van der Waals surface area contributed by atoms with Crippen LogP contribution >= 0.6 is 11.6 Å². The minimum Gasteiger partial charge on any atom is -0.399 e. The van der Waals surface area contributed by atoms with Crippen LogP contribution in [-0.4, -0.2) is 6.61 Å². The van der Waals surface area contributed by atoms with Gasteiger partial charge in [0.1, 0.15) is 0 Å². The van der Waals surface area contributed by atoms with Gasteiger partial charge in [0.25, 0.3) is 0 Å². The van der Waals surface area contributed by atoms with Gasteiger partial charge >= 0.3 is 0 Å². The van der Waals surface area contributed by atoms with Gasteiger partial charge in [-0.3, -0.25) is 0 Å². The van der Waals surface area contributed by atoms with E-state index in [9.17, 15) is 0 Å². The Labute approximate surface area is 123 Å². The maximum atomic E-state index is 8.77. The molecule has 0 atom stereocenters. The molecule has 0 unspecified atom stereocenters. The normalized spacial score (nSPS) is 10.2. The molecule has 102 valence electrons. The van der Waals surface area contributed by atoms with Gasteiger partial charge in [-0.15, -0.1) is 0 Å². The van der Waals surface area contributed by atoms with Crippen LogP contribution in [0, 0.1) is 11.3 Å². The van der Waals surface area contributed by atoms with E-state index in [0.717, 1.165) is 23.2 Å². The monoisotopic (exact) mass is 286 g/mol. The highest BCUT2D eigenvalue weighted by molar-refractivity contribution is 6.31. The number of hydrogen-bond donors (Lipinski definition) is 1. The van der Waals surface area contributed by atoms with Crippen LogP contribution in [0.3, 0.4) is 0 Å². The van der Waals surface area contributed by atoms with E-state index in [-0.39, 0.29) is 0 Å². The van der Waals surface area contributed by atoms with Crippen molar-refractivity contribution in [1.82, 2.24) is 0 Å². The first-order valence-electron chi connectivity index (χ1n) is 6.30. The molecule has 0 saturated heterocycles. The number of nitrogens with zero attached hydrogens (tertiary/aromatic N) is 1. The highest BCUT2D eigenvalue weighted by Crippen LogP contribution is 2.19. The van der Waals surface area contributed by atoms with Crippen molar-refractivity contribution in [2.45, 2.75) is 13.0 Å². The fraction of sp³-hybridized carbons (Fsp3) is 0.188. The molecule has 0 aromatic heterocycles. The lowest BCUT2D eigenvalue weighted by Crippen LogP contribution is -2.02. The topological polar surface area (TPSA) is 59.0 Å². The predicted octanol–water partition coefficient (Wildman–Crippen LogP) is 3.55. The summed E-state index contributed by atoms with van der Waals surface area (Å²) in [6.45, 7) is 1.00. The maximum Gasteiger partial charge on any atom is 0.0992 e. The third-order valence-electron chi connectivity index (χ3n) is 3.01. The Kier molecular flexibility index (Phi) is 5.00. The molecule has 3 nitrogen and oxygen atoms in total. The van der Waals surface area contributed by atoms with Crippen molar-refractivity contribution in [3.8, 4) is 6.07 Å². The molecule has 4 heteroatoms. The van der Waals surface area contributed by atoms with E-state index in [2.05, 4.69) is 6.07 Å². The lowest BCUT2D eigenvalue weighted by molar-refractivity contribution is 0.124. The SMILES string of the molecule is N#Cc1ccc(COCCc2ccccc2N)c(Cl)c1. The smallest absolute Gasteiger partial charge is 0.0992 e. The standard InChI is InChI=1S/C16H15ClN2O/c17-15-9-12(10-18)5-6-14(15)11-20-8-7-13-3-1-2-4-16(13)19/h1-6,9H,7-8,11,19H2. The Bertz CT molecular complexity index is 635. The van der Waals surface area contributed by atoms with E-state index in [0.29, 0.717) is 23.8 Å². The first kappa shape index (κ1) is 14.4. The number of nitriles is 1. The number of ether oxygens (including phenoxy) is 1. The molecule has 0 heterocycles. The molecule has 0 aliphatic rings. The van der Waals surface area contributed by atoms with Gasteiger partial charge in [0.05, 0.1) is 24.8 Å². The van der Waals surface area contributed by atoms with Crippen LogP contribution in [0.1, 0.15) is 16.7 Å². The van der Waals surface area contributed by atoms with Crippen molar-refractivity contribution in [2.75, 3.05) is 12.3 Å². The molecule has 0 saturated carbocycles. The lowest BCUT2D eigenvalue weighted by atomic mass is 10.1. The molecule has 0 radical (unpaired) electrons. The van der Waals surface area contributed by atoms with Gasteiger partial charge in [-0.1, -0.05) is 35.9 Å². The molecule has 2 aromatic rings. The molecule has 0 aliphatic heterocycles. The Balaban J connectivity index is 1.85. The Hall–Kier alpha value is -2.02.